The van der Waals surface area contributed by atoms with Crippen molar-refractivity contribution in [2.45, 2.75) is 58.9 Å². The van der Waals surface area contributed by atoms with Crippen molar-refractivity contribution in [3.63, 3.8) is 0 Å². The number of ketones is 1. The van der Waals surface area contributed by atoms with Gasteiger partial charge in [0.15, 0.2) is 5.78 Å². The van der Waals surface area contributed by atoms with Crippen LogP contribution in [-0.2, 0) is 16.1 Å². The molecule has 0 bridgehead atoms. The smallest absolute Gasteiger partial charge is 0.303 e. The molecule has 0 saturated heterocycles. The van der Waals surface area contributed by atoms with E-state index < -0.39 is 5.97 Å². The lowest BCUT2D eigenvalue weighted by Gasteiger charge is -2.23. The zero-order valence-corrected chi connectivity index (χ0v) is 22.6. The van der Waals surface area contributed by atoms with E-state index in [0.717, 1.165) is 55.2 Å². The van der Waals surface area contributed by atoms with E-state index in [0.29, 0.717) is 23.3 Å². The molecule has 3 aromatic rings. The number of aliphatic carboxylic acids is 1. The zero-order valence-electron chi connectivity index (χ0n) is 22.6. The van der Waals surface area contributed by atoms with Crippen molar-refractivity contribution in [1.29, 1.82) is 0 Å². The molecular weight excluding hydrogens is 480 g/mol. The van der Waals surface area contributed by atoms with Crippen molar-refractivity contribution in [3.8, 4) is 5.75 Å². The van der Waals surface area contributed by atoms with Gasteiger partial charge in [-0.3, -0.25) is 14.4 Å². The summed E-state index contributed by atoms with van der Waals surface area (Å²) in [6, 6.07) is 12.8. The van der Waals surface area contributed by atoms with Crippen LogP contribution in [0, 0.1) is 0 Å². The largest absolute Gasteiger partial charge is 0.497 e. The van der Waals surface area contributed by atoms with Crippen molar-refractivity contribution >= 4 is 34.6 Å². The number of unbranched alkanes of at least 4 members (excludes halogenated alkanes) is 2. The molecule has 0 unspecified atom stereocenters. The third kappa shape index (κ3) is 7.57. The minimum atomic E-state index is -0.830. The molecule has 38 heavy (non-hydrogen) atoms. The highest BCUT2D eigenvalue weighted by Gasteiger charge is 2.20. The van der Waals surface area contributed by atoms with Gasteiger partial charge in [0.05, 0.1) is 12.6 Å². The quantitative estimate of drug-likeness (QED) is 0.242. The predicted octanol–water partition coefficient (Wildman–Crippen LogP) is 6.19. The molecule has 0 atom stereocenters. The summed E-state index contributed by atoms with van der Waals surface area (Å²) in [4.78, 5) is 39.5. The minimum absolute atomic E-state index is 0.0460. The molecular formula is C31H38N2O5. The lowest BCUT2D eigenvalue weighted by Crippen LogP contribution is -2.35. The Labute approximate surface area is 224 Å². The van der Waals surface area contributed by atoms with Crippen LogP contribution in [0.3, 0.4) is 0 Å². The Kier molecular flexibility index (Phi) is 10.7. The fourth-order valence-corrected chi connectivity index (χ4v) is 4.34. The summed E-state index contributed by atoms with van der Waals surface area (Å²) in [7, 11) is 1.60. The normalized spacial score (nSPS) is 11.2. The van der Waals surface area contributed by atoms with E-state index in [4.69, 9.17) is 9.84 Å². The predicted molar refractivity (Wildman–Crippen MR) is 151 cm³/mol. The molecule has 1 N–H and O–H groups in total. The van der Waals surface area contributed by atoms with Gasteiger partial charge in [0.2, 0.25) is 5.91 Å². The Balaban J connectivity index is 1.88. The molecule has 0 radical (unpaired) electrons. The molecule has 3 rings (SSSR count). The van der Waals surface area contributed by atoms with Crippen LogP contribution in [0.15, 0.2) is 54.7 Å². The number of carboxylic acids is 1. The highest BCUT2D eigenvalue weighted by molar-refractivity contribution is 6.16. The summed E-state index contributed by atoms with van der Waals surface area (Å²) in [5.41, 5.74) is 2.75. The van der Waals surface area contributed by atoms with Gasteiger partial charge >= 0.3 is 5.97 Å². The van der Waals surface area contributed by atoms with E-state index in [2.05, 4.69) is 13.8 Å². The van der Waals surface area contributed by atoms with E-state index in [1.165, 1.54) is 0 Å². The number of hydrogen-bond donors (Lipinski definition) is 1. The average molecular weight is 519 g/mol. The highest BCUT2D eigenvalue weighted by atomic mass is 16.5. The van der Waals surface area contributed by atoms with Crippen LogP contribution < -0.4 is 4.74 Å². The van der Waals surface area contributed by atoms with Crippen LogP contribution in [0.5, 0.6) is 5.75 Å². The summed E-state index contributed by atoms with van der Waals surface area (Å²) in [6.07, 6.45) is 9.95. The van der Waals surface area contributed by atoms with Gasteiger partial charge in [-0.15, -0.1) is 0 Å². The number of benzene rings is 2. The second-order valence-corrected chi connectivity index (χ2v) is 9.43. The van der Waals surface area contributed by atoms with Gasteiger partial charge in [0, 0.05) is 48.3 Å². The molecule has 7 nitrogen and oxygen atoms in total. The average Bonchev–Trinajstić information content (AvgIpc) is 3.28. The molecule has 0 fully saturated rings. The van der Waals surface area contributed by atoms with Crippen LogP contribution in [0.4, 0.5) is 0 Å². The van der Waals surface area contributed by atoms with Crippen molar-refractivity contribution < 1.29 is 24.2 Å². The van der Waals surface area contributed by atoms with Gasteiger partial charge in [-0.1, -0.05) is 63.1 Å². The molecule has 0 aliphatic rings. The maximum atomic E-state index is 13.6. The Hall–Kier alpha value is -3.87. The summed E-state index contributed by atoms with van der Waals surface area (Å²) in [5, 5.41) is 9.54. The van der Waals surface area contributed by atoms with Crippen LogP contribution in [0.2, 0.25) is 0 Å². The van der Waals surface area contributed by atoms with E-state index in [9.17, 15) is 14.4 Å². The Morgan fingerprint density at radius 3 is 2.29 bits per heavy atom. The number of carbonyl (C=O) groups excluding carboxylic acids is 2. The molecule has 7 heteroatoms. The summed E-state index contributed by atoms with van der Waals surface area (Å²) >= 11 is 0. The van der Waals surface area contributed by atoms with Crippen LogP contribution in [0.1, 0.15) is 73.9 Å². The van der Waals surface area contributed by atoms with E-state index in [1.54, 1.807) is 25.4 Å². The number of ether oxygens (including phenoxy) is 1. The first-order valence-corrected chi connectivity index (χ1v) is 13.4. The number of rotatable bonds is 15. The van der Waals surface area contributed by atoms with Crippen LogP contribution in [0.25, 0.3) is 17.0 Å². The Bertz CT molecular complexity index is 1270. The minimum Gasteiger partial charge on any atom is -0.497 e. The van der Waals surface area contributed by atoms with E-state index in [-0.39, 0.29) is 24.7 Å². The van der Waals surface area contributed by atoms with Gasteiger partial charge in [-0.05, 0) is 37.0 Å². The highest BCUT2D eigenvalue weighted by Crippen LogP contribution is 2.28. The summed E-state index contributed by atoms with van der Waals surface area (Å²) < 4.78 is 7.28. The molecule has 2 aromatic carbocycles. The first kappa shape index (κ1) is 28.7. The van der Waals surface area contributed by atoms with Gasteiger partial charge in [0.25, 0.3) is 0 Å². The number of carboxylic acid groups (broad SMARTS) is 1. The fourth-order valence-electron chi connectivity index (χ4n) is 4.34. The van der Waals surface area contributed by atoms with Crippen molar-refractivity contribution in [1.82, 2.24) is 9.47 Å². The molecule has 0 aliphatic carbocycles. The third-order valence-corrected chi connectivity index (χ3v) is 6.56. The molecule has 0 aliphatic heterocycles. The number of aromatic nitrogens is 1. The topological polar surface area (TPSA) is 88.8 Å². The van der Waals surface area contributed by atoms with Gasteiger partial charge in [-0.2, -0.15) is 0 Å². The molecule has 1 aromatic heterocycles. The number of fused-ring (bicyclic) bond motifs is 1. The van der Waals surface area contributed by atoms with E-state index >= 15 is 0 Å². The lowest BCUT2D eigenvalue weighted by molar-refractivity contribution is -0.137. The molecule has 1 amide bonds. The number of methoxy groups -OCH3 is 1. The number of nitrogens with zero attached hydrogens (tertiary/aromatic N) is 2. The number of carbonyl (C=O) groups is 3. The standard InChI is InChI=1S/C31H38N2O5/c1-4-6-18-32(19-7-5-2)29(34)22-33-21-27(26-17-16-25(38-3)20-28(26)33)31(37)24-14-12-23(13-15-24)10-8-9-11-30(35)36/h8,10,12-17,20-21H,4-7,9,11,18-19,22H2,1-3H3,(H,35,36)/b10-8+. The molecule has 1 heterocycles. The SMILES string of the molecule is CCCCN(CCCC)C(=O)Cn1cc(C(=O)c2ccc(/C=C/CCC(=O)O)cc2)c2ccc(OC)cc21. The van der Waals surface area contributed by atoms with Gasteiger partial charge in [-0.25, -0.2) is 0 Å². The van der Waals surface area contributed by atoms with Gasteiger partial charge < -0.3 is 19.3 Å². The molecule has 0 spiro atoms. The first-order chi connectivity index (χ1) is 18.4. The zero-order chi connectivity index (χ0) is 27.5. The first-order valence-electron chi connectivity index (χ1n) is 13.4. The monoisotopic (exact) mass is 518 g/mol. The van der Waals surface area contributed by atoms with Crippen molar-refractivity contribution in [2.75, 3.05) is 20.2 Å². The Morgan fingerprint density at radius 2 is 1.68 bits per heavy atom. The fraction of sp³-hybridized carbons (Fsp3) is 0.387. The summed E-state index contributed by atoms with van der Waals surface area (Å²) in [5.74, 6) is -0.244. The Morgan fingerprint density at radius 1 is 1.00 bits per heavy atom. The maximum absolute atomic E-state index is 13.6. The van der Waals surface area contributed by atoms with Crippen LogP contribution in [-0.4, -0.2) is 52.4 Å². The number of allylic oxidation sites excluding steroid dienone is 1. The second-order valence-electron chi connectivity index (χ2n) is 9.43. The van der Waals surface area contributed by atoms with Gasteiger partial charge in [0.1, 0.15) is 12.3 Å². The van der Waals surface area contributed by atoms with Crippen molar-refractivity contribution in [2.24, 2.45) is 0 Å². The molecule has 0 saturated carbocycles. The van der Waals surface area contributed by atoms with Crippen LogP contribution >= 0.6 is 0 Å². The second kappa shape index (κ2) is 14.2. The number of hydrogen-bond acceptors (Lipinski definition) is 4. The lowest BCUT2D eigenvalue weighted by atomic mass is 10.0. The van der Waals surface area contributed by atoms with Crippen molar-refractivity contribution in [3.05, 3.63) is 71.4 Å². The summed E-state index contributed by atoms with van der Waals surface area (Å²) in [6.45, 7) is 5.87. The molecule has 202 valence electrons. The van der Waals surface area contributed by atoms with E-state index in [1.807, 2.05) is 52.0 Å². The number of amides is 1. The maximum Gasteiger partial charge on any atom is 0.303 e. The third-order valence-electron chi connectivity index (χ3n) is 6.56.